The van der Waals surface area contributed by atoms with Gasteiger partial charge in [-0.15, -0.1) is 0 Å². The summed E-state index contributed by atoms with van der Waals surface area (Å²) in [6, 6.07) is 1.83. The third kappa shape index (κ3) is 5.88. The number of piperidine rings is 1. The van der Waals surface area contributed by atoms with E-state index in [0.717, 1.165) is 18.4 Å². The van der Waals surface area contributed by atoms with E-state index < -0.39 is 0 Å². The molecule has 6 nitrogen and oxygen atoms in total. The maximum Gasteiger partial charge on any atom is 0.246 e. The van der Waals surface area contributed by atoms with E-state index in [-0.39, 0.29) is 30.4 Å². The van der Waals surface area contributed by atoms with Gasteiger partial charge in [0.25, 0.3) is 0 Å². The summed E-state index contributed by atoms with van der Waals surface area (Å²) in [5.41, 5.74) is 0.973. The van der Waals surface area contributed by atoms with Crippen LogP contribution in [0.2, 0.25) is 0 Å². The van der Waals surface area contributed by atoms with Gasteiger partial charge in [-0.1, -0.05) is 19.4 Å². The van der Waals surface area contributed by atoms with Crippen LogP contribution in [0.25, 0.3) is 6.08 Å². The van der Waals surface area contributed by atoms with Crippen LogP contribution in [-0.4, -0.2) is 52.1 Å². The molecule has 26 heavy (non-hydrogen) atoms. The maximum atomic E-state index is 12.4. The van der Waals surface area contributed by atoms with Crippen molar-refractivity contribution < 1.29 is 14.7 Å². The number of amides is 2. The molecule has 1 aromatic rings. The van der Waals surface area contributed by atoms with Gasteiger partial charge >= 0.3 is 0 Å². The third-order valence-corrected chi connectivity index (χ3v) is 4.61. The number of allylic oxidation sites excluding steroid dienone is 1. The van der Waals surface area contributed by atoms with Crippen LogP contribution in [0.3, 0.4) is 0 Å². The molecule has 0 aromatic carbocycles. The minimum absolute atomic E-state index is 0.0597. The highest BCUT2D eigenvalue weighted by Gasteiger charge is 2.31. The number of unbranched alkanes of at least 4 members (excludes halogenated alkanes) is 1. The second-order valence-corrected chi connectivity index (χ2v) is 6.77. The molecule has 2 amide bonds. The van der Waals surface area contributed by atoms with Crippen LogP contribution < -0.4 is 5.32 Å². The van der Waals surface area contributed by atoms with Crippen molar-refractivity contribution in [2.45, 2.75) is 32.2 Å². The number of aryl methyl sites for hydroxylation is 1. The van der Waals surface area contributed by atoms with Crippen LogP contribution >= 0.6 is 0 Å². The van der Waals surface area contributed by atoms with Gasteiger partial charge in [-0.05, 0) is 36.6 Å². The van der Waals surface area contributed by atoms with Gasteiger partial charge in [0.15, 0.2) is 0 Å². The second kappa shape index (κ2) is 9.97. The number of aliphatic hydroxyl groups excluding tert-OH is 1. The molecule has 6 heteroatoms. The molecule has 2 atom stereocenters. The van der Waals surface area contributed by atoms with Gasteiger partial charge in [0, 0.05) is 57.2 Å². The van der Waals surface area contributed by atoms with Gasteiger partial charge in [-0.25, -0.2) is 0 Å². The maximum absolute atomic E-state index is 12.4. The highest BCUT2D eigenvalue weighted by molar-refractivity contribution is 5.92. The Bertz CT molecular complexity index is 663. The van der Waals surface area contributed by atoms with Crippen molar-refractivity contribution in [2.24, 2.45) is 13.0 Å². The van der Waals surface area contributed by atoms with E-state index in [9.17, 15) is 14.7 Å². The van der Waals surface area contributed by atoms with Gasteiger partial charge in [-0.3, -0.25) is 9.59 Å². The fourth-order valence-corrected chi connectivity index (χ4v) is 3.09. The number of carbonyl (C=O) groups is 2. The van der Waals surface area contributed by atoms with Crippen LogP contribution in [0.1, 0.15) is 31.7 Å². The quantitative estimate of drug-likeness (QED) is 0.728. The molecule has 0 radical (unpaired) electrons. The first kappa shape index (κ1) is 20.0. The monoisotopic (exact) mass is 359 g/mol. The zero-order chi connectivity index (χ0) is 18.9. The van der Waals surface area contributed by atoms with Crippen molar-refractivity contribution in [3.05, 3.63) is 42.3 Å². The smallest absolute Gasteiger partial charge is 0.246 e. The van der Waals surface area contributed by atoms with Gasteiger partial charge in [0.1, 0.15) is 0 Å². The standard InChI is InChI=1S/C20H29N3O3/c1-3-4-5-6-19(25)21-18-10-12-23(14-17(18)15-24)20(26)8-7-16-9-11-22(2)13-16/h5-9,11,13,17-18,24H,3-4,10,12,14-15H2,1-2H3,(H,21,25)/b6-5+,8-7+. The highest BCUT2D eigenvalue weighted by Crippen LogP contribution is 2.18. The van der Waals surface area contributed by atoms with Gasteiger partial charge in [-0.2, -0.15) is 0 Å². The molecule has 142 valence electrons. The Morgan fingerprint density at radius 1 is 1.38 bits per heavy atom. The molecule has 0 spiro atoms. The van der Waals surface area contributed by atoms with Crippen LogP contribution in [-0.2, 0) is 16.6 Å². The average molecular weight is 359 g/mol. The number of hydrogen-bond donors (Lipinski definition) is 2. The van der Waals surface area contributed by atoms with E-state index in [1.54, 1.807) is 23.1 Å². The van der Waals surface area contributed by atoms with E-state index in [4.69, 9.17) is 0 Å². The van der Waals surface area contributed by atoms with Crippen LogP contribution in [0.15, 0.2) is 36.7 Å². The lowest BCUT2D eigenvalue weighted by Gasteiger charge is -2.37. The molecule has 0 bridgehead atoms. The van der Waals surface area contributed by atoms with E-state index in [1.165, 1.54) is 0 Å². The van der Waals surface area contributed by atoms with Crippen molar-refractivity contribution in [2.75, 3.05) is 19.7 Å². The lowest BCUT2D eigenvalue weighted by Crippen LogP contribution is -2.53. The summed E-state index contributed by atoms with van der Waals surface area (Å²) < 4.78 is 1.93. The summed E-state index contributed by atoms with van der Waals surface area (Å²) in [6.45, 7) is 3.01. The topological polar surface area (TPSA) is 74.6 Å². The summed E-state index contributed by atoms with van der Waals surface area (Å²) in [6.07, 6.45) is 13.2. The van der Waals surface area contributed by atoms with Gasteiger partial charge in [0.05, 0.1) is 0 Å². The van der Waals surface area contributed by atoms with Crippen molar-refractivity contribution in [1.29, 1.82) is 0 Å². The number of aliphatic hydroxyl groups is 1. The summed E-state index contributed by atoms with van der Waals surface area (Å²) in [4.78, 5) is 26.1. The minimum Gasteiger partial charge on any atom is -0.396 e. The lowest BCUT2D eigenvalue weighted by molar-refractivity contribution is -0.128. The minimum atomic E-state index is -0.152. The fourth-order valence-electron chi connectivity index (χ4n) is 3.09. The van der Waals surface area contributed by atoms with Crippen molar-refractivity contribution >= 4 is 17.9 Å². The molecule has 0 aliphatic carbocycles. The largest absolute Gasteiger partial charge is 0.396 e. The summed E-state index contributed by atoms with van der Waals surface area (Å²) in [5, 5.41) is 12.6. The Hall–Kier alpha value is -2.34. The van der Waals surface area contributed by atoms with Crippen molar-refractivity contribution in [3.63, 3.8) is 0 Å². The highest BCUT2D eigenvalue weighted by atomic mass is 16.3. The number of aromatic nitrogens is 1. The molecule has 2 unspecified atom stereocenters. The number of nitrogens with zero attached hydrogens (tertiary/aromatic N) is 2. The molecule has 1 aliphatic rings. The van der Waals surface area contributed by atoms with E-state index >= 15 is 0 Å². The van der Waals surface area contributed by atoms with E-state index in [0.29, 0.717) is 19.5 Å². The predicted octanol–water partition coefficient (Wildman–Crippen LogP) is 1.72. The normalized spacial score (nSPS) is 20.8. The zero-order valence-corrected chi connectivity index (χ0v) is 15.6. The number of carbonyl (C=O) groups excluding carboxylic acids is 2. The fraction of sp³-hybridized carbons (Fsp3) is 0.500. The Morgan fingerprint density at radius 3 is 2.85 bits per heavy atom. The van der Waals surface area contributed by atoms with Crippen LogP contribution in [0.4, 0.5) is 0 Å². The number of rotatable bonds is 7. The molecular weight excluding hydrogens is 330 g/mol. The summed E-state index contributed by atoms with van der Waals surface area (Å²) >= 11 is 0. The first-order valence-electron chi connectivity index (χ1n) is 9.20. The van der Waals surface area contributed by atoms with Crippen molar-refractivity contribution in [3.8, 4) is 0 Å². The zero-order valence-electron chi connectivity index (χ0n) is 15.6. The Labute approximate surface area is 155 Å². The predicted molar refractivity (Wildman–Crippen MR) is 102 cm³/mol. The van der Waals surface area contributed by atoms with Crippen LogP contribution in [0.5, 0.6) is 0 Å². The molecule has 0 saturated carbocycles. The van der Waals surface area contributed by atoms with E-state index in [2.05, 4.69) is 12.2 Å². The molecule has 1 aromatic heterocycles. The second-order valence-electron chi connectivity index (χ2n) is 6.77. The first-order valence-corrected chi connectivity index (χ1v) is 9.20. The summed E-state index contributed by atoms with van der Waals surface area (Å²) in [7, 11) is 1.93. The van der Waals surface area contributed by atoms with Gasteiger partial charge < -0.3 is 19.9 Å². The average Bonchev–Trinajstić information content (AvgIpc) is 3.05. The molecule has 2 heterocycles. The van der Waals surface area contributed by atoms with Gasteiger partial charge in [0.2, 0.25) is 11.8 Å². The third-order valence-electron chi connectivity index (χ3n) is 4.61. The summed E-state index contributed by atoms with van der Waals surface area (Å²) in [5.74, 6) is -0.355. The molecule has 2 N–H and O–H groups in total. The Morgan fingerprint density at radius 2 is 2.19 bits per heavy atom. The van der Waals surface area contributed by atoms with E-state index in [1.807, 2.05) is 36.2 Å². The first-order chi connectivity index (χ1) is 12.5. The van der Waals surface area contributed by atoms with Crippen molar-refractivity contribution in [1.82, 2.24) is 14.8 Å². The lowest BCUT2D eigenvalue weighted by atomic mass is 9.92. The number of hydrogen-bond acceptors (Lipinski definition) is 3. The molecule has 1 fully saturated rings. The molecule has 1 aliphatic heterocycles. The molecule has 2 rings (SSSR count). The van der Waals surface area contributed by atoms with Crippen LogP contribution in [0, 0.1) is 5.92 Å². The Kier molecular flexibility index (Phi) is 7.66. The molecule has 1 saturated heterocycles. The molecular formula is C20H29N3O3. The number of nitrogens with one attached hydrogen (secondary N) is 1. The SMILES string of the molecule is CCC/C=C/C(=O)NC1CCN(C(=O)/C=C/c2ccn(C)c2)CC1CO. The number of likely N-dealkylation sites (tertiary alicyclic amines) is 1. The Balaban J connectivity index is 1.88.